The zero-order valence-corrected chi connectivity index (χ0v) is 17.5. The lowest BCUT2D eigenvalue weighted by atomic mass is 9.76. The highest BCUT2D eigenvalue weighted by molar-refractivity contribution is 6.15. The SMILES string of the molecule is Cc1ccc2c(c1)[C@]1(N[C@@H]([C@@H](C)O)[C@H]3C(=O)N(CCc4ccccc4)C(=O)[C@H]31)C(=O)N2. The first-order chi connectivity index (χ1) is 14.8. The zero-order chi connectivity index (χ0) is 21.9. The number of aliphatic hydroxyl groups excluding tert-OH is 1. The van der Waals surface area contributed by atoms with Crippen LogP contribution in [0.15, 0.2) is 48.5 Å². The van der Waals surface area contributed by atoms with Crippen LogP contribution in [0.25, 0.3) is 0 Å². The molecule has 2 saturated heterocycles. The Hall–Kier alpha value is -3.03. The molecule has 2 aromatic rings. The Morgan fingerprint density at radius 3 is 2.55 bits per heavy atom. The molecule has 3 aliphatic rings. The maximum Gasteiger partial charge on any atom is 0.250 e. The molecule has 7 nitrogen and oxygen atoms in total. The van der Waals surface area contributed by atoms with Gasteiger partial charge in [-0.2, -0.15) is 0 Å². The van der Waals surface area contributed by atoms with Crippen LogP contribution in [0.5, 0.6) is 0 Å². The lowest BCUT2D eigenvalue weighted by Crippen LogP contribution is -2.55. The van der Waals surface area contributed by atoms with Crippen molar-refractivity contribution >= 4 is 23.4 Å². The van der Waals surface area contributed by atoms with Gasteiger partial charge in [-0.1, -0.05) is 48.0 Å². The maximum absolute atomic E-state index is 13.6. The second kappa shape index (κ2) is 7.00. The molecule has 5 atom stereocenters. The molecule has 1 spiro atoms. The Morgan fingerprint density at radius 1 is 1.10 bits per heavy atom. The van der Waals surface area contributed by atoms with E-state index in [9.17, 15) is 19.5 Å². The minimum Gasteiger partial charge on any atom is -0.392 e. The van der Waals surface area contributed by atoms with Crippen molar-refractivity contribution < 1.29 is 19.5 Å². The summed E-state index contributed by atoms with van der Waals surface area (Å²) >= 11 is 0. The molecule has 0 bridgehead atoms. The number of nitrogens with zero attached hydrogens (tertiary/aromatic N) is 1. The van der Waals surface area contributed by atoms with Gasteiger partial charge in [-0.05, 0) is 31.9 Å². The van der Waals surface area contributed by atoms with Crippen LogP contribution in [0, 0.1) is 18.8 Å². The smallest absolute Gasteiger partial charge is 0.250 e. The number of amides is 3. The Bertz CT molecular complexity index is 1080. The molecule has 3 N–H and O–H groups in total. The first-order valence-corrected chi connectivity index (χ1v) is 10.6. The third-order valence-electron chi connectivity index (χ3n) is 6.88. The normalized spacial score (nSPS) is 30.0. The van der Waals surface area contributed by atoms with Gasteiger partial charge in [0, 0.05) is 23.8 Å². The molecule has 2 aromatic carbocycles. The number of imide groups is 1. The van der Waals surface area contributed by atoms with E-state index >= 15 is 0 Å². The second-order valence-electron chi connectivity index (χ2n) is 8.79. The monoisotopic (exact) mass is 419 g/mol. The van der Waals surface area contributed by atoms with Gasteiger partial charge in [-0.15, -0.1) is 0 Å². The number of benzene rings is 2. The molecule has 2 fully saturated rings. The van der Waals surface area contributed by atoms with Crippen molar-refractivity contribution in [3.8, 4) is 0 Å². The van der Waals surface area contributed by atoms with Gasteiger partial charge in [0.05, 0.1) is 17.9 Å². The van der Waals surface area contributed by atoms with Gasteiger partial charge in [-0.25, -0.2) is 0 Å². The number of aryl methyl sites for hydroxylation is 1. The van der Waals surface area contributed by atoms with E-state index in [4.69, 9.17) is 0 Å². The van der Waals surface area contributed by atoms with Crippen molar-refractivity contribution in [3.05, 3.63) is 65.2 Å². The molecule has 7 heteroatoms. The Morgan fingerprint density at radius 2 is 1.84 bits per heavy atom. The summed E-state index contributed by atoms with van der Waals surface area (Å²) < 4.78 is 0. The Labute approximate surface area is 180 Å². The molecular weight excluding hydrogens is 394 g/mol. The van der Waals surface area contributed by atoms with Crippen LogP contribution in [0.1, 0.15) is 23.6 Å². The first-order valence-electron chi connectivity index (χ1n) is 10.6. The van der Waals surface area contributed by atoms with Crippen molar-refractivity contribution in [1.82, 2.24) is 10.2 Å². The number of aliphatic hydroxyl groups is 1. The van der Waals surface area contributed by atoms with Crippen LogP contribution in [0.3, 0.4) is 0 Å². The fourth-order valence-corrected chi connectivity index (χ4v) is 5.43. The summed E-state index contributed by atoms with van der Waals surface area (Å²) in [6.07, 6.45) is -0.362. The molecule has 3 amide bonds. The van der Waals surface area contributed by atoms with Crippen LogP contribution in [-0.2, 0) is 26.3 Å². The van der Waals surface area contributed by atoms with Crippen molar-refractivity contribution in [2.45, 2.75) is 38.0 Å². The molecule has 160 valence electrons. The number of fused-ring (bicyclic) bond motifs is 4. The predicted octanol–water partition coefficient (Wildman–Crippen LogP) is 1.34. The topological polar surface area (TPSA) is 98.7 Å². The van der Waals surface area contributed by atoms with Crippen LogP contribution < -0.4 is 10.6 Å². The standard InChI is InChI=1S/C24H25N3O4/c1-13-8-9-17-16(12-13)24(23(31)25-17)19-18(20(26-24)14(2)28)21(29)27(22(19)30)11-10-15-6-4-3-5-7-15/h3-9,12,14,18-20,26,28H,10-11H2,1-2H3,(H,25,31)/t14-,18+,19+,20+,24-/m1/s1. The van der Waals surface area contributed by atoms with Gasteiger partial charge in [0.15, 0.2) is 0 Å². The first kappa shape index (κ1) is 19.9. The molecule has 5 rings (SSSR count). The van der Waals surface area contributed by atoms with Gasteiger partial charge >= 0.3 is 0 Å². The number of rotatable bonds is 4. The third-order valence-corrected chi connectivity index (χ3v) is 6.88. The molecular formula is C24H25N3O4. The van der Waals surface area contributed by atoms with E-state index in [0.717, 1.165) is 11.1 Å². The minimum atomic E-state index is -1.36. The quantitative estimate of drug-likeness (QED) is 0.650. The molecule has 0 radical (unpaired) electrons. The summed E-state index contributed by atoms with van der Waals surface area (Å²) in [5.41, 5.74) is 1.92. The third kappa shape index (κ3) is 2.77. The van der Waals surface area contributed by atoms with Crippen LogP contribution in [0.4, 0.5) is 5.69 Å². The summed E-state index contributed by atoms with van der Waals surface area (Å²) in [6.45, 7) is 3.75. The van der Waals surface area contributed by atoms with Crippen molar-refractivity contribution in [2.24, 2.45) is 11.8 Å². The number of nitrogens with one attached hydrogen (secondary N) is 2. The van der Waals surface area contributed by atoms with Crippen molar-refractivity contribution in [3.63, 3.8) is 0 Å². The molecule has 31 heavy (non-hydrogen) atoms. The van der Waals surface area contributed by atoms with E-state index in [1.165, 1.54) is 4.90 Å². The van der Waals surface area contributed by atoms with E-state index in [1.54, 1.807) is 6.92 Å². The molecule has 0 aliphatic carbocycles. The van der Waals surface area contributed by atoms with E-state index in [1.807, 2.05) is 55.5 Å². The lowest BCUT2D eigenvalue weighted by Gasteiger charge is -2.30. The average Bonchev–Trinajstić information content (AvgIpc) is 3.33. The highest BCUT2D eigenvalue weighted by atomic mass is 16.3. The molecule has 0 unspecified atom stereocenters. The Balaban J connectivity index is 1.55. The fourth-order valence-electron chi connectivity index (χ4n) is 5.43. The van der Waals surface area contributed by atoms with Crippen LogP contribution >= 0.6 is 0 Å². The number of anilines is 1. The van der Waals surface area contributed by atoms with Gasteiger partial charge in [0.25, 0.3) is 0 Å². The van der Waals surface area contributed by atoms with E-state index in [2.05, 4.69) is 10.6 Å². The molecule has 0 aromatic heterocycles. The Kier molecular flexibility index (Phi) is 4.50. The van der Waals surface area contributed by atoms with Gasteiger partial charge in [0.1, 0.15) is 5.54 Å². The number of hydrogen-bond donors (Lipinski definition) is 3. The molecule has 3 heterocycles. The highest BCUT2D eigenvalue weighted by Gasteiger charge is 2.70. The predicted molar refractivity (Wildman–Crippen MR) is 114 cm³/mol. The maximum atomic E-state index is 13.6. The van der Waals surface area contributed by atoms with Crippen LogP contribution in [0.2, 0.25) is 0 Å². The highest BCUT2D eigenvalue weighted by Crippen LogP contribution is 2.53. The second-order valence-corrected chi connectivity index (χ2v) is 8.79. The average molecular weight is 419 g/mol. The van der Waals surface area contributed by atoms with E-state index in [0.29, 0.717) is 17.7 Å². The van der Waals surface area contributed by atoms with E-state index in [-0.39, 0.29) is 24.3 Å². The number of likely N-dealkylation sites (tertiary alicyclic amines) is 1. The summed E-state index contributed by atoms with van der Waals surface area (Å²) in [5.74, 6) is -2.71. The summed E-state index contributed by atoms with van der Waals surface area (Å²) in [5, 5.41) is 16.6. The molecule has 3 aliphatic heterocycles. The number of carbonyl (C=O) groups is 3. The van der Waals surface area contributed by atoms with Crippen molar-refractivity contribution in [2.75, 3.05) is 11.9 Å². The van der Waals surface area contributed by atoms with Crippen LogP contribution in [-0.4, -0.2) is 46.4 Å². The summed E-state index contributed by atoms with van der Waals surface area (Å²) in [7, 11) is 0. The number of carbonyl (C=O) groups excluding carboxylic acids is 3. The van der Waals surface area contributed by atoms with E-state index < -0.39 is 29.5 Å². The number of hydrogen-bond acceptors (Lipinski definition) is 5. The van der Waals surface area contributed by atoms with Gasteiger partial charge < -0.3 is 10.4 Å². The van der Waals surface area contributed by atoms with Gasteiger partial charge in [0.2, 0.25) is 17.7 Å². The van der Waals surface area contributed by atoms with Gasteiger partial charge in [-0.3, -0.25) is 24.6 Å². The largest absolute Gasteiger partial charge is 0.392 e. The van der Waals surface area contributed by atoms with Crippen molar-refractivity contribution in [1.29, 1.82) is 0 Å². The summed E-state index contributed by atoms with van der Waals surface area (Å²) in [6, 6.07) is 14.6. The lowest BCUT2D eigenvalue weighted by molar-refractivity contribution is -0.143. The fraction of sp³-hybridized carbons (Fsp3) is 0.375. The minimum absolute atomic E-state index is 0.250. The zero-order valence-electron chi connectivity index (χ0n) is 17.5. The summed E-state index contributed by atoms with van der Waals surface area (Å²) in [4.78, 5) is 41.5. The molecule has 0 saturated carbocycles.